The summed E-state index contributed by atoms with van der Waals surface area (Å²) in [5.41, 5.74) is 1.63. The summed E-state index contributed by atoms with van der Waals surface area (Å²) in [5.74, 6) is 0.504. The van der Waals surface area contributed by atoms with Crippen LogP contribution >= 0.6 is 11.3 Å². The lowest BCUT2D eigenvalue weighted by molar-refractivity contribution is -0.132. The van der Waals surface area contributed by atoms with Crippen molar-refractivity contribution in [2.75, 3.05) is 25.5 Å². The molecule has 0 aliphatic heterocycles. The van der Waals surface area contributed by atoms with Crippen LogP contribution in [0.2, 0.25) is 0 Å². The van der Waals surface area contributed by atoms with E-state index in [2.05, 4.69) is 11.9 Å². The number of amides is 3. The van der Waals surface area contributed by atoms with Gasteiger partial charge in [-0.1, -0.05) is 48.5 Å². The van der Waals surface area contributed by atoms with Crippen LogP contribution in [0.4, 0.5) is 10.5 Å². The number of carbonyl (C=O) groups excluding carboxylic acids is 2. The number of ether oxygens (including phenoxy) is 1. The number of nitrogens with one attached hydrogen (secondary N) is 1. The summed E-state index contributed by atoms with van der Waals surface area (Å²) in [6, 6.07) is 20.5. The minimum Gasteiger partial charge on any atom is -0.497 e. The highest BCUT2D eigenvalue weighted by molar-refractivity contribution is 7.09. The molecule has 1 aromatic heterocycles. The van der Waals surface area contributed by atoms with E-state index < -0.39 is 0 Å². The smallest absolute Gasteiger partial charge is 0.322 e. The molecule has 0 fully saturated rings. The zero-order chi connectivity index (χ0) is 22.8. The molecular formula is C25H27N3O3S. The van der Waals surface area contributed by atoms with Gasteiger partial charge in [-0.3, -0.25) is 4.79 Å². The standard InChI is InChI=1S/C25H27N3O3S/c1-3-14-27(25(30)26-21-11-7-12-22(16-21)31-2)19-24(29)28(18-23-13-8-15-32-23)17-20-9-5-4-6-10-20/h3-13,15-16H,1,14,17-19H2,2H3,(H,26,30). The second kappa shape index (κ2) is 11.7. The van der Waals surface area contributed by atoms with Crippen molar-refractivity contribution in [3.8, 4) is 5.75 Å². The fourth-order valence-electron chi connectivity index (χ4n) is 3.17. The average Bonchev–Trinajstić information content (AvgIpc) is 3.32. The lowest BCUT2D eigenvalue weighted by atomic mass is 10.2. The Morgan fingerprint density at radius 3 is 2.53 bits per heavy atom. The monoisotopic (exact) mass is 449 g/mol. The van der Waals surface area contributed by atoms with Crippen LogP contribution in [-0.4, -0.2) is 41.9 Å². The number of methoxy groups -OCH3 is 1. The Morgan fingerprint density at radius 2 is 1.84 bits per heavy atom. The van der Waals surface area contributed by atoms with Crippen LogP contribution in [0.15, 0.2) is 84.8 Å². The van der Waals surface area contributed by atoms with Crippen molar-refractivity contribution in [3.63, 3.8) is 0 Å². The van der Waals surface area contributed by atoms with Gasteiger partial charge < -0.3 is 19.9 Å². The molecule has 0 unspecified atom stereocenters. The van der Waals surface area contributed by atoms with Gasteiger partial charge in [-0.25, -0.2) is 4.79 Å². The molecule has 0 aliphatic rings. The fourth-order valence-corrected chi connectivity index (χ4v) is 3.89. The van der Waals surface area contributed by atoms with Crippen molar-refractivity contribution in [3.05, 3.63) is 95.2 Å². The molecule has 3 amide bonds. The highest BCUT2D eigenvalue weighted by atomic mass is 32.1. The molecule has 0 spiro atoms. The summed E-state index contributed by atoms with van der Waals surface area (Å²) in [5, 5.41) is 4.82. The third kappa shape index (κ3) is 6.72. The zero-order valence-corrected chi connectivity index (χ0v) is 18.9. The van der Waals surface area contributed by atoms with E-state index in [1.165, 1.54) is 4.90 Å². The molecule has 2 aromatic carbocycles. The van der Waals surface area contributed by atoms with Crippen molar-refractivity contribution >= 4 is 29.0 Å². The largest absolute Gasteiger partial charge is 0.497 e. The van der Waals surface area contributed by atoms with E-state index in [0.717, 1.165) is 10.4 Å². The summed E-state index contributed by atoms with van der Waals surface area (Å²) >= 11 is 1.61. The number of rotatable bonds is 10. The third-order valence-electron chi connectivity index (χ3n) is 4.78. The maximum absolute atomic E-state index is 13.3. The molecule has 3 aromatic rings. The zero-order valence-electron chi connectivity index (χ0n) is 18.1. The topological polar surface area (TPSA) is 61.9 Å². The van der Waals surface area contributed by atoms with Crippen LogP contribution in [0.3, 0.4) is 0 Å². The van der Waals surface area contributed by atoms with Gasteiger partial charge in [0.05, 0.1) is 13.7 Å². The van der Waals surface area contributed by atoms with Crippen LogP contribution < -0.4 is 10.1 Å². The number of benzene rings is 2. The van der Waals surface area contributed by atoms with Gasteiger partial charge in [-0.2, -0.15) is 0 Å². The molecular weight excluding hydrogens is 422 g/mol. The predicted octanol–water partition coefficient (Wildman–Crippen LogP) is 5.01. The minimum atomic E-state index is -0.373. The Labute approximate surface area is 192 Å². The van der Waals surface area contributed by atoms with Crippen LogP contribution in [0.5, 0.6) is 5.75 Å². The van der Waals surface area contributed by atoms with Gasteiger partial charge in [-0.05, 0) is 29.1 Å². The highest BCUT2D eigenvalue weighted by Crippen LogP contribution is 2.18. The molecule has 1 heterocycles. The number of nitrogens with zero attached hydrogens (tertiary/aromatic N) is 2. The third-order valence-corrected chi connectivity index (χ3v) is 5.64. The molecule has 0 atom stereocenters. The quantitative estimate of drug-likeness (QED) is 0.443. The Bertz CT molecular complexity index is 1020. The molecule has 0 radical (unpaired) electrons. The second-order valence-electron chi connectivity index (χ2n) is 7.15. The minimum absolute atomic E-state index is 0.0555. The molecule has 3 rings (SSSR count). The van der Waals surface area contributed by atoms with Gasteiger partial charge in [0.2, 0.25) is 5.91 Å². The molecule has 0 bridgehead atoms. The SMILES string of the molecule is C=CCN(CC(=O)N(Cc1ccccc1)Cc1cccs1)C(=O)Nc1cccc(OC)c1. The molecule has 0 saturated heterocycles. The predicted molar refractivity (Wildman–Crippen MR) is 129 cm³/mol. The average molecular weight is 450 g/mol. The van der Waals surface area contributed by atoms with E-state index in [9.17, 15) is 9.59 Å². The first-order chi connectivity index (χ1) is 15.6. The maximum Gasteiger partial charge on any atom is 0.322 e. The molecule has 6 nitrogen and oxygen atoms in total. The van der Waals surface area contributed by atoms with Crippen molar-refractivity contribution in [1.29, 1.82) is 0 Å². The lowest BCUT2D eigenvalue weighted by Gasteiger charge is -2.27. The molecule has 7 heteroatoms. The maximum atomic E-state index is 13.3. The van der Waals surface area contributed by atoms with Crippen molar-refractivity contribution in [2.45, 2.75) is 13.1 Å². The second-order valence-corrected chi connectivity index (χ2v) is 8.18. The first kappa shape index (κ1) is 23.1. The van der Waals surface area contributed by atoms with Gasteiger partial charge in [0.15, 0.2) is 0 Å². The number of urea groups is 1. The van der Waals surface area contributed by atoms with Crippen LogP contribution in [0.1, 0.15) is 10.4 Å². The van der Waals surface area contributed by atoms with E-state index in [1.54, 1.807) is 53.7 Å². The first-order valence-electron chi connectivity index (χ1n) is 10.2. The lowest BCUT2D eigenvalue weighted by Crippen LogP contribution is -2.44. The van der Waals surface area contributed by atoms with E-state index >= 15 is 0 Å². The van der Waals surface area contributed by atoms with Gasteiger partial charge in [0, 0.05) is 29.7 Å². The van der Waals surface area contributed by atoms with Gasteiger partial charge in [-0.15, -0.1) is 17.9 Å². The molecule has 0 saturated carbocycles. The number of carbonyl (C=O) groups is 2. The first-order valence-corrected chi connectivity index (χ1v) is 11.1. The van der Waals surface area contributed by atoms with Crippen LogP contribution in [0, 0.1) is 0 Å². The normalized spacial score (nSPS) is 10.3. The Balaban J connectivity index is 1.72. The van der Waals surface area contributed by atoms with E-state index in [0.29, 0.717) is 24.5 Å². The summed E-state index contributed by atoms with van der Waals surface area (Å²) in [4.78, 5) is 30.5. The molecule has 166 valence electrons. The summed E-state index contributed by atoms with van der Waals surface area (Å²) < 4.78 is 5.21. The van der Waals surface area contributed by atoms with E-state index in [4.69, 9.17) is 4.74 Å². The van der Waals surface area contributed by atoms with Gasteiger partial charge in [0.25, 0.3) is 0 Å². The summed E-state index contributed by atoms with van der Waals surface area (Å²) in [6.07, 6.45) is 1.61. The number of thiophene rings is 1. The van der Waals surface area contributed by atoms with Gasteiger partial charge >= 0.3 is 6.03 Å². The molecule has 1 N–H and O–H groups in total. The van der Waals surface area contributed by atoms with Crippen molar-refractivity contribution in [2.24, 2.45) is 0 Å². The van der Waals surface area contributed by atoms with Crippen molar-refractivity contribution < 1.29 is 14.3 Å². The Hall–Kier alpha value is -3.58. The number of hydrogen-bond donors (Lipinski definition) is 1. The Morgan fingerprint density at radius 1 is 1.03 bits per heavy atom. The fraction of sp³-hybridized carbons (Fsp3) is 0.200. The highest BCUT2D eigenvalue weighted by Gasteiger charge is 2.21. The number of hydrogen-bond acceptors (Lipinski definition) is 4. The molecule has 32 heavy (non-hydrogen) atoms. The number of anilines is 1. The van der Waals surface area contributed by atoms with E-state index in [-0.39, 0.29) is 25.0 Å². The summed E-state index contributed by atoms with van der Waals surface area (Å²) in [6.45, 7) is 4.89. The molecule has 0 aliphatic carbocycles. The van der Waals surface area contributed by atoms with E-state index in [1.807, 2.05) is 47.8 Å². The van der Waals surface area contributed by atoms with Crippen molar-refractivity contribution in [1.82, 2.24) is 9.80 Å². The van der Waals surface area contributed by atoms with Crippen LogP contribution in [0.25, 0.3) is 0 Å². The Kier molecular flexibility index (Phi) is 8.45. The van der Waals surface area contributed by atoms with Gasteiger partial charge in [0.1, 0.15) is 12.3 Å². The summed E-state index contributed by atoms with van der Waals surface area (Å²) in [7, 11) is 1.57. The van der Waals surface area contributed by atoms with Crippen LogP contribution in [-0.2, 0) is 17.9 Å².